The molecule has 0 saturated carbocycles. The van der Waals surface area contributed by atoms with E-state index in [1.165, 1.54) is 6.92 Å². The van der Waals surface area contributed by atoms with Gasteiger partial charge in [-0.2, -0.15) is 0 Å². The fourth-order valence-corrected chi connectivity index (χ4v) is 1.79. The van der Waals surface area contributed by atoms with Crippen molar-refractivity contribution in [3.63, 3.8) is 0 Å². The zero-order valence-electron chi connectivity index (χ0n) is 11.4. The SMILES string of the molecule is CC(=O)NCCNC(=O)C(C)(N)c1ccc(Br)cc1.Cl. The lowest BCUT2D eigenvalue weighted by Gasteiger charge is -2.24. The third-order valence-electron chi connectivity index (χ3n) is 2.70. The molecule has 5 nitrogen and oxygen atoms in total. The number of benzene rings is 1. The number of rotatable bonds is 5. The molecule has 0 radical (unpaired) electrons. The largest absolute Gasteiger partial charge is 0.355 e. The Labute approximate surface area is 133 Å². The highest BCUT2D eigenvalue weighted by atomic mass is 79.9. The van der Waals surface area contributed by atoms with Crippen LogP contribution in [-0.2, 0) is 15.1 Å². The Morgan fingerprint density at radius 1 is 1.20 bits per heavy atom. The van der Waals surface area contributed by atoms with E-state index >= 15 is 0 Å². The quantitative estimate of drug-likeness (QED) is 0.689. The molecule has 0 saturated heterocycles. The van der Waals surface area contributed by atoms with E-state index in [4.69, 9.17) is 5.73 Å². The molecule has 0 aliphatic heterocycles. The van der Waals surface area contributed by atoms with Crippen molar-refractivity contribution in [1.29, 1.82) is 0 Å². The minimum Gasteiger partial charge on any atom is -0.355 e. The van der Waals surface area contributed by atoms with Crippen LogP contribution in [0.25, 0.3) is 0 Å². The number of hydrogen-bond donors (Lipinski definition) is 3. The second-order valence-corrected chi connectivity index (χ2v) is 5.36. The van der Waals surface area contributed by atoms with Crippen molar-refractivity contribution in [2.75, 3.05) is 13.1 Å². The van der Waals surface area contributed by atoms with Gasteiger partial charge in [0.1, 0.15) is 5.54 Å². The molecule has 7 heteroatoms. The van der Waals surface area contributed by atoms with E-state index in [-0.39, 0.29) is 24.2 Å². The van der Waals surface area contributed by atoms with Crippen molar-refractivity contribution in [2.45, 2.75) is 19.4 Å². The Balaban J connectivity index is 0.00000361. The van der Waals surface area contributed by atoms with Gasteiger partial charge < -0.3 is 16.4 Å². The first-order chi connectivity index (χ1) is 8.84. The summed E-state index contributed by atoms with van der Waals surface area (Å²) in [7, 11) is 0. The molecule has 20 heavy (non-hydrogen) atoms. The molecule has 0 aromatic heterocycles. The lowest BCUT2D eigenvalue weighted by atomic mass is 9.92. The number of halogens is 2. The number of carbonyl (C=O) groups is 2. The molecule has 1 unspecified atom stereocenters. The van der Waals surface area contributed by atoms with E-state index in [9.17, 15) is 9.59 Å². The minimum absolute atomic E-state index is 0. The van der Waals surface area contributed by atoms with E-state index in [2.05, 4.69) is 26.6 Å². The Morgan fingerprint density at radius 2 is 1.70 bits per heavy atom. The van der Waals surface area contributed by atoms with E-state index in [1.54, 1.807) is 19.1 Å². The molecule has 0 aliphatic carbocycles. The highest BCUT2D eigenvalue weighted by molar-refractivity contribution is 9.10. The first-order valence-corrected chi connectivity index (χ1v) is 6.71. The van der Waals surface area contributed by atoms with Crippen molar-refractivity contribution in [3.05, 3.63) is 34.3 Å². The third-order valence-corrected chi connectivity index (χ3v) is 3.23. The van der Waals surface area contributed by atoms with E-state index in [0.29, 0.717) is 13.1 Å². The Kier molecular flexibility index (Phi) is 7.78. The molecule has 0 bridgehead atoms. The number of nitrogens with one attached hydrogen (secondary N) is 2. The molecule has 1 aromatic carbocycles. The molecular formula is C13H19BrClN3O2. The smallest absolute Gasteiger partial charge is 0.244 e. The van der Waals surface area contributed by atoms with Crippen LogP contribution in [0.2, 0.25) is 0 Å². The maximum absolute atomic E-state index is 12.0. The average Bonchev–Trinajstić information content (AvgIpc) is 2.34. The van der Waals surface area contributed by atoms with E-state index in [1.807, 2.05) is 12.1 Å². The average molecular weight is 365 g/mol. The van der Waals surface area contributed by atoms with Gasteiger partial charge in [0.05, 0.1) is 0 Å². The lowest BCUT2D eigenvalue weighted by molar-refractivity contribution is -0.126. The zero-order valence-corrected chi connectivity index (χ0v) is 13.8. The molecule has 0 fully saturated rings. The van der Waals surface area contributed by atoms with Crippen LogP contribution in [0.1, 0.15) is 19.4 Å². The van der Waals surface area contributed by atoms with Crippen LogP contribution < -0.4 is 16.4 Å². The van der Waals surface area contributed by atoms with Gasteiger partial charge in [-0.15, -0.1) is 12.4 Å². The van der Waals surface area contributed by atoms with Crippen LogP contribution in [-0.4, -0.2) is 24.9 Å². The fraction of sp³-hybridized carbons (Fsp3) is 0.385. The normalized spacial score (nSPS) is 12.8. The number of hydrogen-bond acceptors (Lipinski definition) is 3. The maximum Gasteiger partial charge on any atom is 0.244 e. The summed E-state index contributed by atoms with van der Waals surface area (Å²) in [6.07, 6.45) is 0. The van der Waals surface area contributed by atoms with Gasteiger partial charge in [-0.25, -0.2) is 0 Å². The van der Waals surface area contributed by atoms with Gasteiger partial charge in [-0.1, -0.05) is 28.1 Å². The first kappa shape index (κ1) is 18.9. The summed E-state index contributed by atoms with van der Waals surface area (Å²) in [6, 6.07) is 7.28. The van der Waals surface area contributed by atoms with E-state index in [0.717, 1.165) is 10.0 Å². The van der Waals surface area contributed by atoms with Gasteiger partial charge in [0, 0.05) is 24.5 Å². The van der Waals surface area contributed by atoms with Gasteiger partial charge in [0.15, 0.2) is 0 Å². The second kappa shape index (κ2) is 8.24. The number of nitrogens with two attached hydrogens (primary N) is 1. The Morgan fingerprint density at radius 3 is 2.20 bits per heavy atom. The standard InChI is InChI=1S/C13H18BrN3O2.ClH/c1-9(18)16-7-8-17-12(19)13(2,15)10-3-5-11(14)6-4-10;/h3-6H,7-8,15H2,1-2H3,(H,16,18)(H,17,19);1H. The molecule has 2 amide bonds. The summed E-state index contributed by atoms with van der Waals surface area (Å²) in [4.78, 5) is 22.7. The van der Waals surface area contributed by atoms with Crippen molar-refractivity contribution >= 4 is 40.2 Å². The number of amides is 2. The fourth-order valence-electron chi connectivity index (χ4n) is 1.53. The molecule has 1 rings (SSSR count). The Hall–Kier alpha value is -1.11. The molecule has 1 aromatic rings. The molecule has 4 N–H and O–H groups in total. The van der Waals surface area contributed by atoms with Gasteiger partial charge in [-0.3, -0.25) is 9.59 Å². The first-order valence-electron chi connectivity index (χ1n) is 5.91. The predicted octanol–water partition coefficient (Wildman–Crippen LogP) is 1.30. The summed E-state index contributed by atoms with van der Waals surface area (Å²) in [5.74, 6) is -0.405. The highest BCUT2D eigenvalue weighted by Crippen LogP contribution is 2.20. The zero-order chi connectivity index (χ0) is 14.5. The van der Waals surface area contributed by atoms with Crippen molar-refractivity contribution < 1.29 is 9.59 Å². The van der Waals surface area contributed by atoms with Crippen molar-refractivity contribution in [2.24, 2.45) is 5.73 Å². The summed E-state index contributed by atoms with van der Waals surface area (Å²) < 4.78 is 0.929. The molecule has 0 spiro atoms. The van der Waals surface area contributed by atoms with Crippen LogP contribution in [0.5, 0.6) is 0 Å². The van der Waals surface area contributed by atoms with Crippen LogP contribution in [0.3, 0.4) is 0 Å². The van der Waals surface area contributed by atoms with Crippen molar-refractivity contribution in [3.8, 4) is 0 Å². The summed E-state index contributed by atoms with van der Waals surface area (Å²) >= 11 is 3.33. The Bertz CT molecular complexity index is 463. The maximum atomic E-state index is 12.0. The number of carbonyl (C=O) groups excluding carboxylic acids is 2. The molecule has 1 atom stereocenters. The van der Waals surface area contributed by atoms with Crippen LogP contribution >= 0.6 is 28.3 Å². The second-order valence-electron chi connectivity index (χ2n) is 4.45. The van der Waals surface area contributed by atoms with E-state index < -0.39 is 5.54 Å². The summed E-state index contributed by atoms with van der Waals surface area (Å²) in [6.45, 7) is 3.82. The lowest BCUT2D eigenvalue weighted by Crippen LogP contribution is -2.50. The summed E-state index contributed by atoms with van der Waals surface area (Å²) in [5.41, 5.74) is 5.69. The molecular weight excluding hydrogens is 346 g/mol. The third kappa shape index (κ3) is 5.48. The highest BCUT2D eigenvalue weighted by Gasteiger charge is 2.29. The van der Waals surface area contributed by atoms with Crippen LogP contribution in [0.4, 0.5) is 0 Å². The van der Waals surface area contributed by atoms with Gasteiger partial charge in [0.2, 0.25) is 11.8 Å². The molecule has 0 heterocycles. The van der Waals surface area contributed by atoms with Crippen molar-refractivity contribution in [1.82, 2.24) is 10.6 Å². The van der Waals surface area contributed by atoms with Gasteiger partial charge >= 0.3 is 0 Å². The summed E-state index contributed by atoms with van der Waals surface area (Å²) in [5, 5.41) is 5.30. The van der Waals surface area contributed by atoms with Crippen LogP contribution in [0, 0.1) is 0 Å². The predicted molar refractivity (Wildman–Crippen MR) is 84.6 cm³/mol. The topological polar surface area (TPSA) is 84.2 Å². The monoisotopic (exact) mass is 363 g/mol. The molecule has 112 valence electrons. The molecule has 0 aliphatic rings. The minimum atomic E-state index is -1.10. The van der Waals surface area contributed by atoms with Gasteiger partial charge in [-0.05, 0) is 24.6 Å². The van der Waals surface area contributed by atoms with Crippen LogP contribution in [0.15, 0.2) is 28.7 Å². The van der Waals surface area contributed by atoms with Gasteiger partial charge in [0.25, 0.3) is 0 Å².